The van der Waals surface area contributed by atoms with Crippen molar-refractivity contribution in [3.05, 3.63) is 34.3 Å². The number of carbonyl (C=O) groups excluding carboxylic acids is 1. The van der Waals surface area contributed by atoms with Crippen LogP contribution in [-0.2, 0) is 9.53 Å². The molecule has 5 heteroatoms. The first-order chi connectivity index (χ1) is 9.15. The lowest BCUT2D eigenvalue weighted by atomic mass is 10.1. The Labute approximate surface area is 122 Å². The second-order valence-electron chi connectivity index (χ2n) is 4.77. The van der Waals surface area contributed by atoms with Crippen molar-refractivity contribution in [2.75, 3.05) is 19.8 Å². The predicted molar refractivity (Wildman–Crippen MR) is 77.9 cm³/mol. The maximum atomic E-state index is 11.9. The van der Waals surface area contributed by atoms with Gasteiger partial charge >= 0.3 is 0 Å². The number of morpholine rings is 1. The molecular weight excluding hydrogens is 308 g/mol. The summed E-state index contributed by atoms with van der Waals surface area (Å²) in [4.78, 5) is 11.9. The third-order valence-corrected chi connectivity index (χ3v) is 3.71. The minimum atomic E-state index is 0.0186. The van der Waals surface area contributed by atoms with Crippen LogP contribution < -0.4 is 10.6 Å². The summed E-state index contributed by atoms with van der Waals surface area (Å²) >= 11 is 3.40. The number of rotatable bonds is 4. The van der Waals surface area contributed by atoms with Crippen molar-refractivity contribution in [1.82, 2.24) is 10.6 Å². The first-order valence-electron chi connectivity index (χ1n) is 6.51. The molecule has 0 saturated carbocycles. The van der Waals surface area contributed by atoms with Gasteiger partial charge in [-0.15, -0.1) is 0 Å². The van der Waals surface area contributed by atoms with Gasteiger partial charge in [0.15, 0.2) is 0 Å². The molecule has 104 valence electrons. The maximum Gasteiger partial charge on any atom is 0.222 e. The highest BCUT2D eigenvalue weighted by Crippen LogP contribution is 2.16. The summed E-state index contributed by atoms with van der Waals surface area (Å²) in [5, 5.41) is 6.29. The molecule has 1 amide bonds. The van der Waals surface area contributed by atoms with Gasteiger partial charge in [0.1, 0.15) is 0 Å². The van der Waals surface area contributed by atoms with E-state index in [0.717, 1.165) is 23.2 Å². The SMILES string of the molecule is C[C@H](NC(=O)CC1COCCN1)c1ccc(Br)cc1. The third-order valence-electron chi connectivity index (χ3n) is 3.18. The van der Waals surface area contributed by atoms with Crippen molar-refractivity contribution in [2.45, 2.75) is 25.4 Å². The van der Waals surface area contributed by atoms with Crippen LogP contribution in [0.1, 0.15) is 24.9 Å². The summed E-state index contributed by atoms with van der Waals surface area (Å²) in [6.45, 7) is 4.15. The Morgan fingerprint density at radius 2 is 2.26 bits per heavy atom. The van der Waals surface area contributed by atoms with Gasteiger partial charge in [-0.25, -0.2) is 0 Å². The van der Waals surface area contributed by atoms with E-state index in [2.05, 4.69) is 26.6 Å². The zero-order chi connectivity index (χ0) is 13.7. The van der Waals surface area contributed by atoms with Gasteiger partial charge in [0.05, 0.1) is 19.3 Å². The largest absolute Gasteiger partial charge is 0.378 e. The Balaban J connectivity index is 1.82. The van der Waals surface area contributed by atoms with Crippen molar-refractivity contribution in [3.63, 3.8) is 0 Å². The molecule has 2 rings (SSSR count). The number of ether oxygens (including phenoxy) is 1. The Morgan fingerprint density at radius 3 is 2.89 bits per heavy atom. The molecule has 0 aliphatic carbocycles. The van der Waals surface area contributed by atoms with Crippen molar-refractivity contribution in [3.8, 4) is 0 Å². The van der Waals surface area contributed by atoms with E-state index in [1.54, 1.807) is 0 Å². The van der Waals surface area contributed by atoms with Crippen molar-refractivity contribution < 1.29 is 9.53 Å². The Hall–Kier alpha value is -0.910. The molecule has 1 aromatic rings. The number of hydrogen-bond donors (Lipinski definition) is 2. The standard InChI is InChI=1S/C14H19BrN2O2/c1-10(11-2-4-12(15)5-3-11)17-14(18)8-13-9-19-7-6-16-13/h2-5,10,13,16H,6-9H2,1H3,(H,17,18)/t10-,13?/m0/s1. The monoisotopic (exact) mass is 326 g/mol. The van der Waals surface area contributed by atoms with Gasteiger partial charge in [-0.05, 0) is 24.6 Å². The molecule has 0 radical (unpaired) electrons. The maximum absolute atomic E-state index is 11.9. The quantitative estimate of drug-likeness (QED) is 0.889. The molecule has 1 fully saturated rings. The molecule has 1 aliphatic heterocycles. The fourth-order valence-electron chi connectivity index (χ4n) is 2.11. The first kappa shape index (κ1) is 14.5. The minimum absolute atomic E-state index is 0.0186. The molecule has 1 heterocycles. The molecule has 0 spiro atoms. The van der Waals surface area contributed by atoms with E-state index in [0.29, 0.717) is 13.0 Å². The summed E-state index contributed by atoms with van der Waals surface area (Å²) in [6.07, 6.45) is 0.459. The van der Waals surface area contributed by atoms with E-state index in [1.807, 2.05) is 31.2 Å². The van der Waals surface area contributed by atoms with Crippen LogP contribution >= 0.6 is 15.9 Å². The number of amides is 1. The molecule has 19 heavy (non-hydrogen) atoms. The van der Waals surface area contributed by atoms with Crippen LogP contribution in [0, 0.1) is 0 Å². The molecule has 1 aliphatic rings. The van der Waals surface area contributed by atoms with Crippen molar-refractivity contribution in [1.29, 1.82) is 0 Å². The van der Waals surface area contributed by atoms with Crippen molar-refractivity contribution in [2.24, 2.45) is 0 Å². The van der Waals surface area contributed by atoms with Crippen LogP contribution in [0.3, 0.4) is 0 Å². The molecule has 1 unspecified atom stereocenters. The lowest BCUT2D eigenvalue weighted by molar-refractivity contribution is -0.122. The Bertz CT molecular complexity index is 416. The zero-order valence-electron chi connectivity index (χ0n) is 11.0. The number of hydrogen-bond acceptors (Lipinski definition) is 3. The Morgan fingerprint density at radius 1 is 1.53 bits per heavy atom. The average Bonchev–Trinajstić information content (AvgIpc) is 2.40. The Kier molecular flexibility index (Phi) is 5.36. The van der Waals surface area contributed by atoms with Crippen LogP contribution in [0.15, 0.2) is 28.7 Å². The van der Waals surface area contributed by atoms with E-state index in [1.165, 1.54) is 0 Å². The normalized spacial score (nSPS) is 20.8. The van der Waals surface area contributed by atoms with Gasteiger partial charge in [-0.1, -0.05) is 28.1 Å². The van der Waals surface area contributed by atoms with Crippen LogP contribution in [-0.4, -0.2) is 31.7 Å². The lowest BCUT2D eigenvalue weighted by Crippen LogP contribution is -2.44. The number of halogens is 1. The predicted octanol–water partition coefficient (Wildman–Crippen LogP) is 2.00. The summed E-state index contributed by atoms with van der Waals surface area (Å²) < 4.78 is 6.38. The average molecular weight is 327 g/mol. The summed E-state index contributed by atoms with van der Waals surface area (Å²) in [5.41, 5.74) is 1.10. The van der Waals surface area contributed by atoms with E-state index >= 15 is 0 Å². The minimum Gasteiger partial charge on any atom is -0.378 e. The third kappa shape index (κ3) is 4.60. The van der Waals surface area contributed by atoms with E-state index in [-0.39, 0.29) is 18.0 Å². The molecule has 1 saturated heterocycles. The molecule has 0 aromatic heterocycles. The zero-order valence-corrected chi connectivity index (χ0v) is 12.6. The fourth-order valence-corrected chi connectivity index (χ4v) is 2.37. The highest BCUT2D eigenvalue weighted by molar-refractivity contribution is 9.10. The molecule has 0 bridgehead atoms. The number of benzene rings is 1. The highest BCUT2D eigenvalue weighted by atomic mass is 79.9. The molecular formula is C14H19BrN2O2. The second kappa shape index (κ2) is 7.03. The van der Waals surface area contributed by atoms with Gasteiger partial charge in [0.25, 0.3) is 0 Å². The fraction of sp³-hybridized carbons (Fsp3) is 0.500. The van der Waals surface area contributed by atoms with Crippen LogP contribution in [0.4, 0.5) is 0 Å². The van der Waals surface area contributed by atoms with Crippen LogP contribution in [0.2, 0.25) is 0 Å². The molecule has 1 aromatic carbocycles. The summed E-state index contributed by atoms with van der Waals surface area (Å²) in [5.74, 6) is 0.0541. The van der Waals surface area contributed by atoms with Gasteiger partial charge in [-0.3, -0.25) is 4.79 Å². The van der Waals surface area contributed by atoms with Crippen LogP contribution in [0.25, 0.3) is 0 Å². The lowest BCUT2D eigenvalue weighted by Gasteiger charge is -2.24. The van der Waals surface area contributed by atoms with Gasteiger partial charge in [0, 0.05) is 23.5 Å². The smallest absolute Gasteiger partial charge is 0.222 e. The van der Waals surface area contributed by atoms with Gasteiger partial charge < -0.3 is 15.4 Å². The van der Waals surface area contributed by atoms with E-state index < -0.39 is 0 Å². The number of nitrogens with one attached hydrogen (secondary N) is 2. The summed E-state index contributed by atoms with van der Waals surface area (Å²) in [7, 11) is 0. The van der Waals surface area contributed by atoms with Gasteiger partial charge in [0.2, 0.25) is 5.91 Å². The first-order valence-corrected chi connectivity index (χ1v) is 7.30. The highest BCUT2D eigenvalue weighted by Gasteiger charge is 2.18. The van der Waals surface area contributed by atoms with E-state index in [9.17, 15) is 4.79 Å². The molecule has 2 atom stereocenters. The van der Waals surface area contributed by atoms with E-state index in [4.69, 9.17) is 4.74 Å². The summed E-state index contributed by atoms with van der Waals surface area (Å²) in [6, 6.07) is 8.13. The topological polar surface area (TPSA) is 50.4 Å². The number of carbonyl (C=O) groups is 1. The van der Waals surface area contributed by atoms with Crippen LogP contribution in [0.5, 0.6) is 0 Å². The van der Waals surface area contributed by atoms with Gasteiger partial charge in [-0.2, -0.15) is 0 Å². The van der Waals surface area contributed by atoms with Crippen molar-refractivity contribution >= 4 is 21.8 Å². The molecule has 4 nitrogen and oxygen atoms in total. The molecule has 2 N–H and O–H groups in total. The second-order valence-corrected chi connectivity index (χ2v) is 5.69.